The summed E-state index contributed by atoms with van der Waals surface area (Å²) < 4.78 is 1.85. The summed E-state index contributed by atoms with van der Waals surface area (Å²) in [6, 6.07) is 1.52. The molecule has 0 radical (unpaired) electrons. The van der Waals surface area contributed by atoms with E-state index in [-0.39, 0.29) is 11.7 Å². The van der Waals surface area contributed by atoms with Crippen molar-refractivity contribution in [2.45, 2.75) is 18.6 Å². The van der Waals surface area contributed by atoms with Gasteiger partial charge >= 0.3 is 0 Å². The fourth-order valence-corrected chi connectivity index (χ4v) is 2.58. The zero-order valence-electron chi connectivity index (χ0n) is 10.5. The molecule has 0 saturated heterocycles. The number of rotatable bonds is 5. The number of halogens is 2. The summed E-state index contributed by atoms with van der Waals surface area (Å²) in [5, 5.41) is 11.7. The van der Waals surface area contributed by atoms with Crippen molar-refractivity contribution in [2.75, 3.05) is 11.1 Å². The SMILES string of the molecule is CCn1cnnc1SCC(=O)Nc1ncc(Cl)cc1Cl. The lowest BCUT2D eigenvalue weighted by molar-refractivity contribution is -0.113. The maximum absolute atomic E-state index is 11.8. The first-order chi connectivity index (χ1) is 9.60. The van der Waals surface area contributed by atoms with Crippen molar-refractivity contribution in [1.82, 2.24) is 19.7 Å². The van der Waals surface area contributed by atoms with Crippen LogP contribution in [0.15, 0.2) is 23.7 Å². The molecular formula is C11H11Cl2N5OS. The fraction of sp³-hybridized carbons (Fsp3) is 0.273. The lowest BCUT2D eigenvalue weighted by Crippen LogP contribution is -2.15. The number of carbonyl (C=O) groups excluding carboxylic acids is 1. The van der Waals surface area contributed by atoms with E-state index in [0.717, 1.165) is 6.54 Å². The molecule has 0 aliphatic rings. The second-order valence-corrected chi connectivity index (χ2v) is 5.51. The molecular weight excluding hydrogens is 321 g/mol. The van der Waals surface area contributed by atoms with Gasteiger partial charge in [0.15, 0.2) is 11.0 Å². The van der Waals surface area contributed by atoms with Gasteiger partial charge in [0.1, 0.15) is 6.33 Å². The Balaban J connectivity index is 1.93. The molecule has 0 bridgehead atoms. The number of aryl methyl sites for hydroxylation is 1. The molecule has 0 unspecified atom stereocenters. The molecule has 0 atom stereocenters. The van der Waals surface area contributed by atoms with Crippen molar-refractivity contribution in [1.29, 1.82) is 0 Å². The third kappa shape index (κ3) is 3.84. The lowest BCUT2D eigenvalue weighted by atomic mass is 10.4. The van der Waals surface area contributed by atoms with E-state index >= 15 is 0 Å². The number of carbonyl (C=O) groups is 1. The Morgan fingerprint density at radius 2 is 2.30 bits per heavy atom. The van der Waals surface area contributed by atoms with Crippen molar-refractivity contribution in [3.8, 4) is 0 Å². The molecule has 106 valence electrons. The molecule has 0 aliphatic carbocycles. The Labute approximate surface area is 129 Å². The number of hydrogen-bond donors (Lipinski definition) is 1. The molecule has 2 aromatic rings. The van der Waals surface area contributed by atoms with Crippen LogP contribution in [0.1, 0.15) is 6.92 Å². The first kappa shape index (κ1) is 15.1. The average molecular weight is 332 g/mol. The monoisotopic (exact) mass is 331 g/mol. The number of nitrogens with zero attached hydrogens (tertiary/aromatic N) is 4. The van der Waals surface area contributed by atoms with Crippen LogP contribution >= 0.6 is 35.0 Å². The van der Waals surface area contributed by atoms with Crippen LogP contribution in [0.25, 0.3) is 0 Å². The molecule has 0 fully saturated rings. The minimum absolute atomic E-state index is 0.194. The second-order valence-electron chi connectivity index (χ2n) is 3.72. The second kappa shape index (κ2) is 6.92. The molecule has 9 heteroatoms. The largest absolute Gasteiger partial charge is 0.309 e. The normalized spacial score (nSPS) is 10.6. The van der Waals surface area contributed by atoms with Crippen LogP contribution in [-0.4, -0.2) is 31.4 Å². The van der Waals surface area contributed by atoms with E-state index in [0.29, 0.717) is 21.0 Å². The summed E-state index contributed by atoms with van der Waals surface area (Å²) in [7, 11) is 0. The van der Waals surface area contributed by atoms with Gasteiger partial charge in [-0.25, -0.2) is 4.98 Å². The van der Waals surface area contributed by atoms with Crippen LogP contribution in [-0.2, 0) is 11.3 Å². The predicted octanol–water partition coefficient (Wildman–Crippen LogP) is 2.73. The number of nitrogens with one attached hydrogen (secondary N) is 1. The van der Waals surface area contributed by atoms with E-state index in [1.165, 1.54) is 24.0 Å². The van der Waals surface area contributed by atoms with Crippen molar-refractivity contribution in [3.63, 3.8) is 0 Å². The van der Waals surface area contributed by atoms with Gasteiger partial charge in [-0.15, -0.1) is 10.2 Å². The fourth-order valence-electron chi connectivity index (χ4n) is 1.38. The van der Waals surface area contributed by atoms with E-state index < -0.39 is 0 Å². The summed E-state index contributed by atoms with van der Waals surface area (Å²) in [5.41, 5.74) is 0. The highest BCUT2D eigenvalue weighted by molar-refractivity contribution is 7.99. The van der Waals surface area contributed by atoms with Crippen LogP contribution in [0.2, 0.25) is 10.0 Å². The van der Waals surface area contributed by atoms with E-state index in [1.807, 2.05) is 11.5 Å². The summed E-state index contributed by atoms with van der Waals surface area (Å²) in [4.78, 5) is 15.8. The molecule has 0 spiro atoms. The lowest BCUT2D eigenvalue weighted by Gasteiger charge is -2.06. The van der Waals surface area contributed by atoms with Gasteiger partial charge in [0, 0.05) is 12.7 Å². The van der Waals surface area contributed by atoms with Gasteiger partial charge in [-0.3, -0.25) is 4.79 Å². The van der Waals surface area contributed by atoms with E-state index in [4.69, 9.17) is 23.2 Å². The minimum Gasteiger partial charge on any atom is -0.309 e. The summed E-state index contributed by atoms with van der Waals surface area (Å²) >= 11 is 13.0. The number of thioether (sulfide) groups is 1. The molecule has 6 nitrogen and oxygen atoms in total. The highest BCUT2D eigenvalue weighted by Gasteiger charge is 2.10. The molecule has 2 aromatic heterocycles. The van der Waals surface area contributed by atoms with Gasteiger partial charge < -0.3 is 9.88 Å². The Morgan fingerprint density at radius 1 is 1.50 bits per heavy atom. The van der Waals surface area contributed by atoms with Crippen molar-refractivity contribution < 1.29 is 4.79 Å². The first-order valence-electron chi connectivity index (χ1n) is 5.71. The maximum Gasteiger partial charge on any atom is 0.236 e. The summed E-state index contributed by atoms with van der Waals surface area (Å²) in [6.07, 6.45) is 3.04. The zero-order valence-corrected chi connectivity index (χ0v) is 12.8. The molecule has 1 amide bonds. The molecule has 0 aromatic carbocycles. The summed E-state index contributed by atoms with van der Waals surface area (Å²) in [6.45, 7) is 2.73. The van der Waals surface area contributed by atoms with Gasteiger partial charge in [0.2, 0.25) is 5.91 Å². The van der Waals surface area contributed by atoms with Crippen LogP contribution in [0.4, 0.5) is 5.82 Å². The highest BCUT2D eigenvalue weighted by atomic mass is 35.5. The Bertz CT molecular complexity index is 619. The molecule has 1 N–H and O–H groups in total. The third-order valence-corrected chi connectivity index (χ3v) is 3.79. The van der Waals surface area contributed by atoms with Gasteiger partial charge in [-0.1, -0.05) is 35.0 Å². The molecule has 20 heavy (non-hydrogen) atoms. The van der Waals surface area contributed by atoms with E-state index in [1.54, 1.807) is 6.33 Å². The average Bonchev–Trinajstić information content (AvgIpc) is 2.87. The quantitative estimate of drug-likeness (QED) is 0.853. The van der Waals surface area contributed by atoms with E-state index in [9.17, 15) is 4.79 Å². The molecule has 0 aliphatic heterocycles. The van der Waals surface area contributed by atoms with Crippen LogP contribution in [0.3, 0.4) is 0 Å². The first-order valence-corrected chi connectivity index (χ1v) is 7.45. The van der Waals surface area contributed by atoms with Gasteiger partial charge in [0.05, 0.1) is 15.8 Å². The Morgan fingerprint density at radius 3 is 3.00 bits per heavy atom. The third-order valence-electron chi connectivity index (χ3n) is 2.32. The Hall–Kier alpha value is -1.31. The minimum atomic E-state index is -0.225. The molecule has 2 heterocycles. The Kier molecular flexibility index (Phi) is 5.22. The number of amides is 1. The van der Waals surface area contributed by atoms with Crippen molar-refractivity contribution in [2.24, 2.45) is 0 Å². The summed E-state index contributed by atoms with van der Waals surface area (Å²) in [5.74, 6) is 0.260. The standard InChI is InChI=1S/C11H11Cl2N5OS/c1-2-18-6-15-17-11(18)20-5-9(19)16-10-8(13)3-7(12)4-14-10/h3-4,6H,2,5H2,1H3,(H,14,16,19). The molecule has 0 saturated carbocycles. The van der Waals surface area contributed by atoms with Crippen LogP contribution < -0.4 is 5.32 Å². The van der Waals surface area contributed by atoms with Crippen LogP contribution in [0, 0.1) is 0 Å². The number of hydrogen-bond acceptors (Lipinski definition) is 5. The number of anilines is 1. The smallest absolute Gasteiger partial charge is 0.236 e. The van der Waals surface area contributed by atoms with Gasteiger partial charge in [-0.2, -0.15) is 0 Å². The van der Waals surface area contributed by atoms with Gasteiger partial charge in [0.25, 0.3) is 0 Å². The van der Waals surface area contributed by atoms with Gasteiger partial charge in [-0.05, 0) is 13.0 Å². The van der Waals surface area contributed by atoms with Crippen molar-refractivity contribution >= 4 is 46.7 Å². The number of aromatic nitrogens is 4. The maximum atomic E-state index is 11.8. The highest BCUT2D eigenvalue weighted by Crippen LogP contribution is 2.23. The van der Waals surface area contributed by atoms with Crippen molar-refractivity contribution in [3.05, 3.63) is 28.6 Å². The van der Waals surface area contributed by atoms with Crippen LogP contribution in [0.5, 0.6) is 0 Å². The zero-order chi connectivity index (χ0) is 14.5. The number of pyridine rings is 1. The van der Waals surface area contributed by atoms with E-state index in [2.05, 4.69) is 20.5 Å². The predicted molar refractivity (Wildman–Crippen MR) is 79.3 cm³/mol. The molecule has 2 rings (SSSR count). The topological polar surface area (TPSA) is 72.7 Å².